The average Bonchev–Trinajstić information content (AvgIpc) is 2.78. The maximum atomic E-state index is 12.4. The van der Waals surface area contributed by atoms with Crippen molar-refractivity contribution in [1.29, 1.82) is 0 Å². The molecule has 2 aromatic rings. The van der Waals surface area contributed by atoms with E-state index in [0.29, 0.717) is 15.2 Å². The van der Waals surface area contributed by atoms with Gasteiger partial charge in [-0.25, -0.2) is 13.1 Å². The molecule has 0 saturated heterocycles. The molecule has 0 aliphatic rings. The van der Waals surface area contributed by atoms with Crippen LogP contribution in [0, 0.1) is 6.92 Å². The first-order chi connectivity index (χ1) is 9.83. The van der Waals surface area contributed by atoms with Crippen LogP contribution < -0.4 is 4.72 Å². The number of halogens is 2. The molecule has 0 spiro atoms. The average molecular weight is 409 g/mol. The molecule has 1 N–H and O–H groups in total. The van der Waals surface area contributed by atoms with Crippen molar-refractivity contribution in [2.45, 2.75) is 30.5 Å². The predicted molar refractivity (Wildman–Crippen MR) is 91.6 cm³/mol. The molecule has 0 bridgehead atoms. The lowest BCUT2D eigenvalue weighted by atomic mass is 10.0. The molecule has 1 aromatic carbocycles. The van der Waals surface area contributed by atoms with Crippen LogP contribution in [-0.4, -0.2) is 8.42 Å². The molecule has 0 fully saturated rings. The molecule has 0 radical (unpaired) electrons. The molecule has 114 valence electrons. The van der Waals surface area contributed by atoms with Gasteiger partial charge in [0.1, 0.15) is 4.21 Å². The van der Waals surface area contributed by atoms with Crippen molar-refractivity contribution < 1.29 is 8.42 Å². The number of sulfonamides is 1. The van der Waals surface area contributed by atoms with Gasteiger partial charge in [0.25, 0.3) is 10.0 Å². The van der Waals surface area contributed by atoms with Crippen LogP contribution in [0.1, 0.15) is 30.5 Å². The second-order valence-electron chi connectivity index (χ2n) is 4.68. The molecule has 1 aromatic heterocycles. The first kappa shape index (κ1) is 17.0. The van der Waals surface area contributed by atoms with Crippen molar-refractivity contribution in [1.82, 2.24) is 4.72 Å². The fourth-order valence-corrected chi connectivity index (χ4v) is 5.61. The van der Waals surface area contributed by atoms with Crippen LogP contribution in [0.4, 0.5) is 0 Å². The number of thiophene rings is 1. The van der Waals surface area contributed by atoms with Crippen LogP contribution in [0.25, 0.3) is 0 Å². The molecule has 21 heavy (non-hydrogen) atoms. The largest absolute Gasteiger partial charge is 0.250 e. The van der Waals surface area contributed by atoms with E-state index in [4.69, 9.17) is 11.6 Å². The van der Waals surface area contributed by atoms with E-state index in [1.807, 2.05) is 38.1 Å². The molecule has 0 aliphatic carbocycles. The van der Waals surface area contributed by atoms with E-state index in [1.165, 1.54) is 6.07 Å². The monoisotopic (exact) mass is 407 g/mol. The first-order valence-electron chi connectivity index (χ1n) is 6.37. The van der Waals surface area contributed by atoms with Gasteiger partial charge in [-0.15, -0.1) is 11.3 Å². The van der Waals surface area contributed by atoms with Crippen LogP contribution in [0.3, 0.4) is 0 Å². The smallest absolute Gasteiger partial charge is 0.206 e. The van der Waals surface area contributed by atoms with Crippen molar-refractivity contribution >= 4 is 48.9 Å². The van der Waals surface area contributed by atoms with Gasteiger partial charge in [-0.3, -0.25) is 0 Å². The highest BCUT2D eigenvalue weighted by Gasteiger charge is 2.23. The Labute approximate surface area is 142 Å². The lowest BCUT2D eigenvalue weighted by molar-refractivity contribution is 0.552. The Bertz CT molecular complexity index is 706. The zero-order chi connectivity index (χ0) is 15.6. The van der Waals surface area contributed by atoms with E-state index in [1.54, 1.807) is 0 Å². The highest BCUT2D eigenvalue weighted by atomic mass is 79.9. The second-order valence-corrected chi connectivity index (χ2v) is 9.40. The molecular weight excluding hydrogens is 394 g/mol. The molecule has 1 heterocycles. The summed E-state index contributed by atoms with van der Waals surface area (Å²) in [5.41, 5.74) is 2.10. The number of hydrogen-bond donors (Lipinski definition) is 1. The number of hydrogen-bond acceptors (Lipinski definition) is 3. The minimum atomic E-state index is -3.58. The van der Waals surface area contributed by atoms with Crippen molar-refractivity contribution in [3.8, 4) is 0 Å². The topological polar surface area (TPSA) is 46.2 Å². The van der Waals surface area contributed by atoms with Crippen LogP contribution in [0.15, 0.2) is 38.3 Å². The summed E-state index contributed by atoms with van der Waals surface area (Å²) in [4.78, 5) is 0. The van der Waals surface area contributed by atoms with Gasteiger partial charge >= 0.3 is 0 Å². The molecule has 3 nitrogen and oxygen atoms in total. The molecule has 1 atom stereocenters. The van der Waals surface area contributed by atoms with Crippen molar-refractivity contribution in [2.75, 3.05) is 0 Å². The quantitative estimate of drug-likeness (QED) is 0.764. The lowest BCUT2D eigenvalue weighted by Gasteiger charge is -2.17. The Morgan fingerprint density at radius 3 is 2.43 bits per heavy atom. The number of benzene rings is 1. The molecule has 1 unspecified atom stereocenters. The van der Waals surface area contributed by atoms with Crippen molar-refractivity contribution in [2.24, 2.45) is 0 Å². The first-order valence-corrected chi connectivity index (χ1v) is 9.84. The molecule has 0 aliphatic heterocycles. The lowest BCUT2D eigenvalue weighted by Crippen LogP contribution is -2.27. The Kier molecular flexibility index (Phi) is 5.48. The maximum Gasteiger partial charge on any atom is 0.250 e. The SMILES string of the molecule is CCC(NS(=O)(=O)c1cc(Cl)c(Br)s1)c1ccc(C)cc1. The zero-order valence-electron chi connectivity index (χ0n) is 11.6. The summed E-state index contributed by atoms with van der Waals surface area (Å²) < 4.78 is 28.4. The summed E-state index contributed by atoms with van der Waals surface area (Å²) in [6.45, 7) is 3.95. The zero-order valence-corrected chi connectivity index (χ0v) is 15.5. The van der Waals surface area contributed by atoms with Crippen LogP contribution in [0.2, 0.25) is 5.02 Å². The summed E-state index contributed by atoms with van der Waals surface area (Å²) in [5.74, 6) is 0. The minimum absolute atomic E-state index is 0.213. The minimum Gasteiger partial charge on any atom is -0.206 e. The highest BCUT2D eigenvalue weighted by Crippen LogP contribution is 2.35. The number of rotatable bonds is 5. The van der Waals surface area contributed by atoms with Gasteiger partial charge in [0.2, 0.25) is 0 Å². The third-order valence-corrected chi connectivity index (χ3v) is 7.49. The van der Waals surface area contributed by atoms with Crippen LogP contribution in [0.5, 0.6) is 0 Å². The van der Waals surface area contributed by atoms with E-state index in [0.717, 1.165) is 22.5 Å². The van der Waals surface area contributed by atoms with E-state index in [-0.39, 0.29) is 10.3 Å². The molecule has 0 amide bonds. The Balaban J connectivity index is 2.27. The molecule has 0 saturated carbocycles. The van der Waals surface area contributed by atoms with Crippen LogP contribution in [-0.2, 0) is 10.0 Å². The van der Waals surface area contributed by atoms with Gasteiger partial charge < -0.3 is 0 Å². The molecular formula is C14H15BrClNO2S2. The standard InChI is InChI=1S/C14H15BrClNO2S2/c1-3-12(10-6-4-9(2)5-7-10)17-21(18,19)13-8-11(16)14(15)20-13/h4-8,12,17H,3H2,1-2H3. The normalized spacial score (nSPS) is 13.3. The summed E-state index contributed by atoms with van der Waals surface area (Å²) in [7, 11) is -3.58. The van der Waals surface area contributed by atoms with E-state index in [2.05, 4.69) is 20.7 Å². The summed E-state index contributed by atoms with van der Waals surface area (Å²) in [6.07, 6.45) is 0.669. The Hall–Kier alpha value is -0.400. The molecule has 7 heteroatoms. The van der Waals surface area contributed by atoms with Gasteiger partial charge in [0.05, 0.1) is 8.81 Å². The van der Waals surface area contributed by atoms with E-state index in [9.17, 15) is 8.42 Å². The third kappa shape index (κ3) is 4.07. The summed E-state index contributed by atoms with van der Waals surface area (Å²) in [6, 6.07) is 9.05. The van der Waals surface area contributed by atoms with Gasteiger partial charge in [-0.1, -0.05) is 48.4 Å². The van der Waals surface area contributed by atoms with Crippen LogP contribution >= 0.6 is 38.9 Å². The number of nitrogens with one attached hydrogen (secondary N) is 1. The second kappa shape index (κ2) is 6.79. The predicted octanol–water partition coefficient (Wildman–Crippen LogP) is 4.90. The van der Waals surface area contributed by atoms with E-state index < -0.39 is 10.0 Å². The Morgan fingerprint density at radius 2 is 1.95 bits per heavy atom. The third-order valence-electron chi connectivity index (χ3n) is 3.07. The number of aryl methyl sites for hydroxylation is 1. The highest BCUT2D eigenvalue weighted by molar-refractivity contribution is 9.11. The van der Waals surface area contributed by atoms with Crippen molar-refractivity contribution in [3.63, 3.8) is 0 Å². The summed E-state index contributed by atoms with van der Waals surface area (Å²) >= 11 is 10.3. The van der Waals surface area contributed by atoms with Gasteiger partial charge in [-0.2, -0.15) is 0 Å². The maximum absolute atomic E-state index is 12.4. The fourth-order valence-electron chi connectivity index (χ4n) is 1.89. The summed E-state index contributed by atoms with van der Waals surface area (Å²) in [5, 5.41) is 0.406. The van der Waals surface area contributed by atoms with E-state index >= 15 is 0 Å². The van der Waals surface area contributed by atoms with Gasteiger partial charge in [0, 0.05) is 6.04 Å². The van der Waals surface area contributed by atoms with Crippen molar-refractivity contribution in [3.05, 3.63) is 50.3 Å². The fraction of sp³-hybridized carbons (Fsp3) is 0.286. The Morgan fingerprint density at radius 1 is 1.33 bits per heavy atom. The molecule has 2 rings (SSSR count). The van der Waals surface area contributed by atoms with Gasteiger partial charge in [0.15, 0.2) is 0 Å². The van der Waals surface area contributed by atoms with Gasteiger partial charge in [-0.05, 0) is 40.9 Å².